The van der Waals surface area contributed by atoms with Crippen LogP contribution in [0.25, 0.3) is 0 Å². The second-order valence-electron chi connectivity index (χ2n) is 7.27. The van der Waals surface area contributed by atoms with Crippen LogP contribution in [0.2, 0.25) is 0 Å². The minimum Gasteiger partial charge on any atom is -0.347 e. The van der Waals surface area contributed by atoms with Gasteiger partial charge in [0.2, 0.25) is 15.9 Å². The highest BCUT2D eigenvalue weighted by molar-refractivity contribution is 7.94. The molecule has 0 radical (unpaired) electrons. The Kier molecular flexibility index (Phi) is 5.06. The minimum atomic E-state index is -3.60. The summed E-state index contributed by atoms with van der Waals surface area (Å²) in [6.07, 6.45) is 0.663. The van der Waals surface area contributed by atoms with Gasteiger partial charge in [0.25, 0.3) is 5.91 Å². The van der Waals surface area contributed by atoms with Crippen LogP contribution in [0.15, 0.2) is 54.6 Å². The first-order chi connectivity index (χ1) is 12.7. The predicted molar refractivity (Wildman–Crippen MR) is 104 cm³/mol. The fourth-order valence-electron chi connectivity index (χ4n) is 3.15. The van der Waals surface area contributed by atoms with Crippen LogP contribution in [0.5, 0.6) is 0 Å². The lowest BCUT2D eigenvalue weighted by Crippen LogP contribution is -2.45. The van der Waals surface area contributed by atoms with E-state index in [-0.39, 0.29) is 23.8 Å². The van der Waals surface area contributed by atoms with Crippen molar-refractivity contribution in [2.45, 2.75) is 32.2 Å². The number of anilines is 1. The number of hydrogen-bond donors (Lipinski definition) is 1. The van der Waals surface area contributed by atoms with Crippen LogP contribution in [0.1, 0.15) is 36.2 Å². The first-order valence-corrected chi connectivity index (χ1v) is 10.3. The summed E-state index contributed by atoms with van der Waals surface area (Å²) >= 11 is 0. The van der Waals surface area contributed by atoms with E-state index in [4.69, 9.17) is 0 Å². The molecule has 7 heteroatoms. The second kappa shape index (κ2) is 7.15. The average molecular weight is 386 g/mol. The van der Waals surface area contributed by atoms with E-state index in [2.05, 4.69) is 5.32 Å². The predicted octanol–water partition coefficient (Wildman–Crippen LogP) is 2.50. The van der Waals surface area contributed by atoms with Crippen molar-refractivity contribution in [3.63, 3.8) is 0 Å². The molecule has 0 atom stereocenters. The van der Waals surface area contributed by atoms with Gasteiger partial charge in [-0.1, -0.05) is 30.3 Å². The summed E-state index contributed by atoms with van der Waals surface area (Å²) in [4.78, 5) is 24.4. The van der Waals surface area contributed by atoms with Crippen LogP contribution < -0.4 is 9.62 Å². The number of amides is 2. The zero-order valence-electron chi connectivity index (χ0n) is 15.3. The fourth-order valence-corrected chi connectivity index (χ4v) is 4.61. The Morgan fingerprint density at radius 3 is 2.26 bits per heavy atom. The number of hydrogen-bond acceptors (Lipinski definition) is 4. The van der Waals surface area contributed by atoms with E-state index < -0.39 is 21.5 Å². The topological polar surface area (TPSA) is 83.6 Å². The molecular formula is C20H22N2O4S. The van der Waals surface area contributed by atoms with Crippen molar-refractivity contribution >= 4 is 27.5 Å². The Labute approximate surface area is 159 Å². The van der Waals surface area contributed by atoms with Gasteiger partial charge in [-0.2, -0.15) is 0 Å². The highest BCUT2D eigenvalue weighted by atomic mass is 32.2. The molecule has 1 fully saturated rings. The van der Waals surface area contributed by atoms with Crippen molar-refractivity contribution in [3.05, 3.63) is 65.7 Å². The number of benzene rings is 2. The molecular weight excluding hydrogens is 364 g/mol. The molecule has 0 aromatic heterocycles. The molecule has 2 aromatic carbocycles. The third-order valence-corrected chi connectivity index (χ3v) is 6.07. The summed E-state index contributed by atoms with van der Waals surface area (Å²) in [6, 6.07) is 15.9. The first kappa shape index (κ1) is 19.1. The van der Waals surface area contributed by atoms with Gasteiger partial charge in [-0.05, 0) is 50.1 Å². The normalized spacial score (nSPS) is 16.4. The third-order valence-electron chi connectivity index (χ3n) is 4.38. The quantitative estimate of drug-likeness (QED) is 0.856. The molecule has 0 unspecified atom stereocenters. The van der Waals surface area contributed by atoms with Gasteiger partial charge in [0.15, 0.2) is 0 Å². The van der Waals surface area contributed by atoms with E-state index in [0.29, 0.717) is 12.0 Å². The molecule has 2 amide bonds. The molecule has 2 aromatic rings. The number of sulfonamides is 1. The number of carbonyl (C=O) groups is 2. The lowest BCUT2D eigenvalue weighted by molar-refractivity contribution is -0.116. The van der Waals surface area contributed by atoms with Gasteiger partial charge in [0.05, 0.1) is 11.4 Å². The van der Waals surface area contributed by atoms with E-state index in [1.54, 1.807) is 0 Å². The molecule has 0 aliphatic carbocycles. The van der Waals surface area contributed by atoms with E-state index in [1.807, 2.05) is 44.2 Å². The summed E-state index contributed by atoms with van der Waals surface area (Å²) in [7, 11) is -3.60. The van der Waals surface area contributed by atoms with Gasteiger partial charge in [0.1, 0.15) is 0 Å². The molecule has 142 valence electrons. The van der Waals surface area contributed by atoms with Crippen molar-refractivity contribution in [2.24, 2.45) is 0 Å². The fraction of sp³-hybridized carbons (Fsp3) is 0.300. The Morgan fingerprint density at radius 1 is 1.07 bits per heavy atom. The highest BCUT2D eigenvalue weighted by Crippen LogP contribution is 2.25. The van der Waals surface area contributed by atoms with Crippen molar-refractivity contribution in [2.75, 3.05) is 10.1 Å². The van der Waals surface area contributed by atoms with Gasteiger partial charge in [-0.25, -0.2) is 12.7 Å². The molecule has 0 bridgehead atoms. The SMILES string of the molecule is CC(C)(Cc1ccccc1)NC(=O)c1ccc(N2C(=O)CCS2(=O)=O)cc1. The Morgan fingerprint density at radius 2 is 1.70 bits per heavy atom. The Bertz CT molecular complexity index is 951. The molecule has 1 aliphatic rings. The number of rotatable bonds is 5. The number of nitrogens with one attached hydrogen (secondary N) is 1. The molecule has 1 heterocycles. The van der Waals surface area contributed by atoms with Crippen molar-refractivity contribution in [3.8, 4) is 0 Å². The van der Waals surface area contributed by atoms with Gasteiger partial charge >= 0.3 is 0 Å². The molecule has 6 nitrogen and oxygen atoms in total. The maximum absolute atomic E-state index is 12.6. The van der Waals surface area contributed by atoms with Crippen LogP contribution in [-0.2, 0) is 21.2 Å². The maximum atomic E-state index is 12.6. The molecule has 27 heavy (non-hydrogen) atoms. The minimum absolute atomic E-state index is 0.0156. The standard InChI is InChI=1S/C20H22N2O4S/c1-20(2,14-15-6-4-3-5-7-15)21-19(24)16-8-10-17(11-9-16)22-18(23)12-13-27(22,25)26/h3-11H,12-14H2,1-2H3,(H,21,24). The second-order valence-corrected chi connectivity index (χ2v) is 9.21. The van der Waals surface area contributed by atoms with Crippen LogP contribution in [0.4, 0.5) is 5.69 Å². The lowest BCUT2D eigenvalue weighted by Gasteiger charge is -2.26. The van der Waals surface area contributed by atoms with Crippen LogP contribution in [0.3, 0.4) is 0 Å². The van der Waals surface area contributed by atoms with Crippen molar-refractivity contribution < 1.29 is 18.0 Å². The van der Waals surface area contributed by atoms with Crippen LogP contribution >= 0.6 is 0 Å². The average Bonchev–Trinajstić information content (AvgIpc) is 2.88. The first-order valence-electron chi connectivity index (χ1n) is 8.70. The highest BCUT2D eigenvalue weighted by Gasteiger charge is 2.36. The van der Waals surface area contributed by atoms with Crippen LogP contribution in [-0.4, -0.2) is 31.5 Å². The zero-order chi connectivity index (χ0) is 19.7. The summed E-state index contributed by atoms with van der Waals surface area (Å²) in [6.45, 7) is 3.89. The van der Waals surface area contributed by atoms with E-state index in [9.17, 15) is 18.0 Å². The summed E-state index contributed by atoms with van der Waals surface area (Å²) < 4.78 is 24.8. The van der Waals surface area contributed by atoms with Crippen molar-refractivity contribution in [1.82, 2.24) is 5.32 Å². The van der Waals surface area contributed by atoms with Crippen LogP contribution in [0, 0.1) is 0 Å². The Balaban J connectivity index is 1.71. The summed E-state index contributed by atoms with van der Waals surface area (Å²) in [5.74, 6) is -0.879. The number of carbonyl (C=O) groups excluding carboxylic acids is 2. The Hall–Kier alpha value is -2.67. The summed E-state index contributed by atoms with van der Waals surface area (Å²) in [5, 5.41) is 3.00. The monoisotopic (exact) mass is 386 g/mol. The van der Waals surface area contributed by atoms with E-state index >= 15 is 0 Å². The van der Waals surface area contributed by atoms with Crippen molar-refractivity contribution in [1.29, 1.82) is 0 Å². The molecule has 1 aliphatic heterocycles. The molecule has 0 spiro atoms. The smallest absolute Gasteiger partial charge is 0.251 e. The van der Waals surface area contributed by atoms with Gasteiger partial charge in [-0.3, -0.25) is 9.59 Å². The summed E-state index contributed by atoms with van der Waals surface area (Å²) in [5.41, 5.74) is 1.34. The lowest BCUT2D eigenvalue weighted by atomic mass is 9.94. The van der Waals surface area contributed by atoms with E-state index in [1.165, 1.54) is 24.3 Å². The molecule has 1 N–H and O–H groups in total. The maximum Gasteiger partial charge on any atom is 0.251 e. The molecule has 1 saturated heterocycles. The van der Waals surface area contributed by atoms with Gasteiger partial charge < -0.3 is 5.32 Å². The number of nitrogens with zero attached hydrogens (tertiary/aromatic N) is 1. The third kappa shape index (κ3) is 4.36. The van der Waals surface area contributed by atoms with Gasteiger partial charge in [-0.15, -0.1) is 0 Å². The molecule has 3 rings (SSSR count). The van der Waals surface area contributed by atoms with Gasteiger partial charge in [0, 0.05) is 17.5 Å². The zero-order valence-corrected chi connectivity index (χ0v) is 16.1. The largest absolute Gasteiger partial charge is 0.347 e. The molecule has 0 saturated carbocycles. The van der Waals surface area contributed by atoms with E-state index in [0.717, 1.165) is 9.87 Å².